The first-order valence-corrected chi connectivity index (χ1v) is 6.22. The van der Waals surface area contributed by atoms with Gasteiger partial charge in [-0.25, -0.2) is 0 Å². The average molecular weight is 225 g/mol. The van der Waals surface area contributed by atoms with Crippen LogP contribution in [-0.2, 0) is 0 Å². The van der Waals surface area contributed by atoms with E-state index in [-0.39, 0.29) is 0 Å². The molecule has 1 atom stereocenters. The van der Waals surface area contributed by atoms with Crippen molar-refractivity contribution in [1.29, 1.82) is 0 Å². The lowest BCUT2D eigenvalue weighted by molar-refractivity contribution is 0.168. The van der Waals surface area contributed by atoms with Crippen LogP contribution < -0.4 is 5.73 Å². The third kappa shape index (κ3) is 3.89. The summed E-state index contributed by atoms with van der Waals surface area (Å²) in [6, 6.07) is 0.578. The lowest BCUT2D eigenvalue weighted by Crippen LogP contribution is -2.42. The van der Waals surface area contributed by atoms with Crippen molar-refractivity contribution in [3.05, 3.63) is 12.7 Å². The number of hydrogen-bond donors (Lipinski definition) is 1. The number of nitrogens with zero attached hydrogens (tertiary/aromatic N) is 2. The van der Waals surface area contributed by atoms with Crippen LogP contribution >= 0.6 is 0 Å². The first-order valence-electron chi connectivity index (χ1n) is 6.22. The SMILES string of the molecule is C=CCN1CC(C)(C)CN(C)CC1CCN. The summed E-state index contributed by atoms with van der Waals surface area (Å²) in [5.41, 5.74) is 6.06. The first kappa shape index (κ1) is 13.7. The van der Waals surface area contributed by atoms with E-state index in [1.54, 1.807) is 0 Å². The maximum atomic E-state index is 5.71. The van der Waals surface area contributed by atoms with E-state index in [2.05, 4.69) is 37.3 Å². The van der Waals surface area contributed by atoms with Crippen molar-refractivity contribution in [2.45, 2.75) is 26.3 Å². The molecular weight excluding hydrogens is 198 g/mol. The molecule has 0 amide bonds. The maximum absolute atomic E-state index is 5.71. The number of nitrogens with two attached hydrogens (primary N) is 1. The molecule has 3 nitrogen and oxygen atoms in total. The minimum Gasteiger partial charge on any atom is -0.330 e. The summed E-state index contributed by atoms with van der Waals surface area (Å²) in [6.45, 7) is 13.7. The standard InChI is InChI=1S/C13H27N3/c1-5-8-16-11-13(2,3)10-15(4)9-12(16)6-7-14/h5,12H,1,6-11,14H2,2-4H3. The van der Waals surface area contributed by atoms with Crippen molar-refractivity contribution in [3.63, 3.8) is 0 Å². The van der Waals surface area contributed by atoms with Crippen LogP contribution in [-0.4, -0.2) is 55.6 Å². The van der Waals surface area contributed by atoms with Crippen LogP contribution in [0.15, 0.2) is 12.7 Å². The third-order valence-corrected chi connectivity index (χ3v) is 3.23. The zero-order chi connectivity index (χ0) is 12.2. The van der Waals surface area contributed by atoms with Gasteiger partial charge in [0, 0.05) is 32.2 Å². The molecule has 1 aliphatic rings. The summed E-state index contributed by atoms with van der Waals surface area (Å²) in [7, 11) is 2.21. The summed E-state index contributed by atoms with van der Waals surface area (Å²) in [6.07, 6.45) is 3.08. The van der Waals surface area contributed by atoms with E-state index >= 15 is 0 Å². The molecular formula is C13H27N3. The lowest BCUT2D eigenvalue weighted by atomic mass is 9.92. The fourth-order valence-electron chi connectivity index (χ4n) is 2.85. The molecule has 0 bridgehead atoms. The van der Waals surface area contributed by atoms with Gasteiger partial charge < -0.3 is 10.6 Å². The molecule has 1 saturated heterocycles. The molecule has 1 unspecified atom stereocenters. The lowest BCUT2D eigenvalue weighted by Gasteiger charge is -2.32. The molecule has 0 aliphatic carbocycles. The van der Waals surface area contributed by atoms with Crippen LogP contribution in [0.2, 0.25) is 0 Å². The van der Waals surface area contributed by atoms with E-state index < -0.39 is 0 Å². The van der Waals surface area contributed by atoms with Gasteiger partial charge in [-0.1, -0.05) is 19.9 Å². The van der Waals surface area contributed by atoms with Crippen LogP contribution in [0.3, 0.4) is 0 Å². The summed E-state index contributed by atoms with van der Waals surface area (Å²) in [4.78, 5) is 4.97. The van der Waals surface area contributed by atoms with Crippen LogP contribution in [0.4, 0.5) is 0 Å². The quantitative estimate of drug-likeness (QED) is 0.729. The Hall–Kier alpha value is -0.380. The average Bonchev–Trinajstić information content (AvgIpc) is 2.24. The summed E-state index contributed by atoms with van der Waals surface area (Å²) >= 11 is 0. The van der Waals surface area contributed by atoms with E-state index in [0.717, 1.165) is 39.1 Å². The molecule has 1 heterocycles. The van der Waals surface area contributed by atoms with Gasteiger partial charge in [-0.2, -0.15) is 0 Å². The maximum Gasteiger partial charge on any atom is 0.0238 e. The molecule has 1 rings (SSSR count). The highest BCUT2D eigenvalue weighted by Gasteiger charge is 2.31. The Labute approximate surface area is 100 Å². The van der Waals surface area contributed by atoms with Crippen LogP contribution in [0.5, 0.6) is 0 Å². The Morgan fingerprint density at radius 3 is 2.69 bits per heavy atom. The highest BCUT2D eigenvalue weighted by molar-refractivity contribution is 4.90. The number of rotatable bonds is 4. The fourth-order valence-corrected chi connectivity index (χ4v) is 2.85. The zero-order valence-corrected chi connectivity index (χ0v) is 11.1. The molecule has 3 heteroatoms. The van der Waals surface area contributed by atoms with Gasteiger partial charge in [0.1, 0.15) is 0 Å². The van der Waals surface area contributed by atoms with Gasteiger partial charge in [0.25, 0.3) is 0 Å². The highest BCUT2D eigenvalue weighted by Crippen LogP contribution is 2.24. The Bertz CT molecular complexity index is 225. The van der Waals surface area contributed by atoms with E-state index in [4.69, 9.17) is 5.73 Å². The molecule has 0 aromatic rings. The minimum absolute atomic E-state index is 0.348. The Kier molecular flexibility index (Phi) is 4.96. The second-order valence-corrected chi connectivity index (χ2v) is 5.81. The molecule has 0 aromatic carbocycles. The molecule has 1 fully saturated rings. The van der Waals surface area contributed by atoms with Crippen molar-refractivity contribution in [2.75, 3.05) is 39.8 Å². The van der Waals surface area contributed by atoms with Crippen molar-refractivity contribution < 1.29 is 0 Å². The van der Waals surface area contributed by atoms with Crippen molar-refractivity contribution in [2.24, 2.45) is 11.1 Å². The Morgan fingerprint density at radius 2 is 2.12 bits per heavy atom. The molecule has 0 aromatic heterocycles. The van der Waals surface area contributed by atoms with Gasteiger partial charge in [0.2, 0.25) is 0 Å². The van der Waals surface area contributed by atoms with Crippen LogP contribution in [0.1, 0.15) is 20.3 Å². The van der Waals surface area contributed by atoms with Crippen LogP contribution in [0.25, 0.3) is 0 Å². The molecule has 0 radical (unpaired) electrons. The topological polar surface area (TPSA) is 32.5 Å². The smallest absolute Gasteiger partial charge is 0.0238 e. The van der Waals surface area contributed by atoms with E-state index in [1.165, 1.54) is 0 Å². The normalized spacial score (nSPS) is 27.6. The summed E-state index contributed by atoms with van der Waals surface area (Å²) < 4.78 is 0. The fraction of sp³-hybridized carbons (Fsp3) is 0.846. The number of likely N-dealkylation sites (N-methyl/N-ethyl adjacent to an activating group) is 1. The Balaban J connectivity index is 2.76. The van der Waals surface area contributed by atoms with Gasteiger partial charge >= 0.3 is 0 Å². The van der Waals surface area contributed by atoms with E-state index in [1.807, 2.05) is 6.08 Å². The Morgan fingerprint density at radius 1 is 1.44 bits per heavy atom. The largest absolute Gasteiger partial charge is 0.330 e. The van der Waals surface area contributed by atoms with Gasteiger partial charge in [-0.05, 0) is 25.4 Å². The minimum atomic E-state index is 0.348. The zero-order valence-electron chi connectivity index (χ0n) is 11.1. The van der Waals surface area contributed by atoms with Crippen molar-refractivity contribution in [3.8, 4) is 0 Å². The van der Waals surface area contributed by atoms with Crippen molar-refractivity contribution >= 4 is 0 Å². The second kappa shape index (κ2) is 5.80. The second-order valence-electron chi connectivity index (χ2n) is 5.81. The van der Waals surface area contributed by atoms with Crippen LogP contribution in [0, 0.1) is 5.41 Å². The molecule has 16 heavy (non-hydrogen) atoms. The third-order valence-electron chi connectivity index (χ3n) is 3.23. The molecule has 2 N–H and O–H groups in total. The highest BCUT2D eigenvalue weighted by atomic mass is 15.2. The molecule has 1 aliphatic heterocycles. The molecule has 0 saturated carbocycles. The predicted molar refractivity (Wildman–Crippen MR) is 70.5 cm³/mol. The summed E-state index contributed by atoms with van der Waals surface area (Å²) in [5, 5.41) is 0. The summed E-state index contributed by atoms with van der Waals surface area (Å²) in [5.74, 6) is 0. The van der Waals surface area contributed by atoms with Gasteiger partial charge in [0.05, 0.1) is 0 Å². The van der Waals surface area contributed by atoms with E-state index in [0.29, 0.717) is 11.5 Å². The molecule has 0 spiro atoms. The predicted octanol–water partition coefficient (Wildman–Crippen LogP) is 1.16. The monoisotopic (exact) mass is 225 g/mol. The van der Waals surface area contributed by atoms with Gasteiger partial charge in [-0.3, -0.25) is 4.90 Å². The first-order chi connectivity index (χ1) is 7.48. The van der Waals surface area contributed by atoms with Crippen molar-refractivity contribution in [1.82, 2.24) is 9.80 Å². The van der Waals surface area contributed by atoms with Gasteiger partial charge in [0.15, 0.2) is 0 Å². The number of hydrogen-bond acceptors (Lipinski definition) is 3. The van der Waals surface area contributed by atoms with Gasteiger partial charge in [-0.15, -0.1) is 6.58 Å². The van der Waals surface area contributed by atoms with E-state index in [9.17, 15) is 0 Å². The molecule has 94 valence electrons.